The van der Waals surface area contributed by atoms with Gasteiger partial charge in [-0.05, 0) is 17.7 Å². The molecule has 0 aliphatic rings. The molecule has 1 amide bonds. The van der Waals surface area contributed by atoms with Crippen LogP contribution in [0.1, 0.15) is 15.9 Å². The molecule has 0 saturated carbocycles. The number of benzene rings is 2. The molecule has 0 aliphatic carbocycles. The zero-order chi connectivity index (χ0) is 13.5. The molecule has 2 aromatic carbocycles. The van der Waals surface area contributed by atoms with Gasteiger partial charge in [-0.1, -0.05) is 42.5 Å². The van der Waals surface area contributed by atoms with Gasteiger partial charge in [-0.25, -0.2) is 4.79 Å². The van der Waals surface area contributed by atoms with Crippen molar-refractivity contribution >= 4 is 18.1 Å². The van der Waals surface area contributed by atoms with Gasteiger partial charge in [0, 0.05) is 5.56 Å². The lowest BCUT2D eigenvalue weighted by atomic mass is 10.2. The number of ether oxygens (including phenoxy) is 1. The first kappa shape index (κ1) is 12.8. The highest BCUT2D eigenvalue weighted by Gasteiger charge is 2.06. The summed E-state index contributed by atoms with van der Waals surface area (Å²) in [6.45, 7) is 0.190. The van der Waals surface area contributed by atoms with Gasteiger partial charge < -0.3 is 4.74 Å². The van der Waals surface area contributed by atoms with Gasteiger partial charge in [-0.15, -0.1) is 0 Å². The Hall–Kier alpha value is -2.62. The van der Waals surface area contributed by atoms with Gasteiger partial charge >= 0.3 is 6.09 Å². The van der Waals surface area contributed by atoms with Crippen LogP contribution in [0.3, 0.4) is 0 Å². The summed E-state index contributed by atoms with van der Waals surface area (Å²) in [5.74, 6) is 0. The Morgan fingerprint density at radius 1 is 1.05 bits per heavy atom. The highest BCUT2D eigenvalue weighted by molar-refractivity contribution is 5.92. The van der Waals surface area contributed by atoms with E-state index in [1.165, 1.54) is 0 Å². The molecule has 2 aromatic rings. The normalized spacial score (nSPS) is 9.68. The molecule has 0 spiro atoms. The van der Waals surface area contributed by atoms with Crippen molar-refractivity contribution in [2.24, 2.45) is 0 Å². The van der Waals surface area contributed by atoms with Gasteiger partial charge in [-0.3, -0.25) is 10.1 Å². The number of anilines is 1. The van der Waals surface area contributed by atoms with Crippen molar-refractivity contribution in [3.05, 3.63) is 65.7 Å². The SMILES string of the molecule is O=Cc1ccccc1NC(=O)OCc1ccccc1. The van der Waals surface area contributed by atoms with E-state index in [4.69, 9.17) is 4.74 Å². The number of nitrogens with one attached hydrogen (secondary N) is 1. The Balaban J connectivity index is 1.93. The third kappa shape index (κ3) is 3.67. The Morgan fingerprint density at radius 3 is 2.47 bits per heavy atom. The minimum atomic E-state index is -0.585. The molecule has 0 fully saturated rings. The maximum absolute atomic E-state index is 11.6. The van der Waals surface area contributed by atoms with Gasteiger partial charge in [0.25, 0.3) is 0 Å². The quantitative estimate of drug-likeness (QED) is 0.853. The largest absolute Gasteiger partial charge is 0.444 e. The first-order chi connectivity index (χ1) is 9.29. The standard InChI is InChI=1S/C15H13NO3/c17-10-13-8-4-5-9-14(13)16-15(18)19-11-12-6-2-1-3-7-12/h1-10H,11H2,(H,16,18). The van der Waals surface area contributed by atoms with Crippen molar-refractivity contribution in [2.45, 2.75) is 6.61 Å². The van der Waals surface area contributed by atoms with Crippen molar-refractivity contribution in [3.8, 4) is 0 Å². The summed E-state index contributed by atoms with van der Waals surface area (Å²) in [5, 5.41) is 2.54. The summed E-state index contributed by atoms with van der Waals surface area (Å²) >= 11 is 0. The first-order valence-corrected chi connectivity index (χ1v) is 5.81. The van der Waals surface area contributed by atoms with E-state index in [9.17, 15) is 9.59 Å². The minimum Gasteiger partial charge on any atom is -0.444 e. The Kier molecular flexibility index (Phi) is 4.29. The van der Waals surface area contributed by atoms with Crippen LogP contribution in [0.5, 0.6) is 0 Å². The number of aldehydes is 1. The van der Waals surface area contributed by atoms with Crippen molar-refractivity contribution in [2.75, 3.05) is 5.32 Å². The van der Waals surface area contributed by atoms with E-state index < -0.39 is 6.09 Å². The van der Waals surface area contributed by atoms with Crippen molar-refractivity contribution in [1.82, 2.24) is 0 Å². The van der Waals surface area contributed by atoms with Crippen LogP contribution >= 0.6 is 0 Å². The monoisotopic (exact) mass is 255 g/mol. The molecule has 96 valence electrons. The molecule has 0 radical (unpaired) electrons. The summed E-state index contributed by atoms with van der Waals surface area (Å²) < 4.78 is 5.07. The van der Waals surface area contributed by atoms with E-state index in [0.29, 0.717) is 17.5 Å². The summed E-state index contributed by atoms with van der Waals surface area (Å²) in [6.07, 6.45) is 0.102. The van der Waals surface area contributed by atoms with Crippen molar-refractivity contribution in [1.29, 1.82) is 0 Å². The van der Waals surface area contributed by atoms with Crippen LogP contribution in [0.15, 0.2) is 54.6 Å². The van der Waals surface area contributed by atoms with E-state index in [0.717, 1.165) is 5.56 Å². The molecule has 1 N–H and O–H groups in total. The second-order valence-corrected chi connectivity index (χ2v) is 3.89. The fraction of sp³-hybridized carbons (Fsp3) is 0.0667. The van der Waals surface area contributed by atoms with Crippen LogP contribution in [0, 0.1) is 0 Å². The number of hydrogen-bond acceptors (Lipinski definition) is 3. The Bertz CT molecular complexity index is 567. The topological polar surface area (TPSA) is 55.4 Å². The summed E-state index contributed by atoms with van der Waals surface area (Å²) in [6, 6.07) is 16.1. The summed E-state index contributed by atoms with van der Waals surface area (Å²) in [5.41, 5.74) is 1.76. The number of amides is 1. The molecule has 0 bridgehead atoms. The average Bonchev–Trinajstić information content (AvgIpc) is 2.47. The van der Waals surface area contributed by atoms with Gasteiger partial charge in [0.2, 0.25) is 0 Å². The molecular formula is C15H13NO3. The molecule has 0 saturated heterocycles. The highest BCUT2D eigenvalue weighted by Crippen LogP contribution is 2.13. The molecular weight excluding hydrogens is 242 g/mol. The zero-order valence-electron chi connectivity index (χ0n) is 10.2. The van der Waals surface area contributed by atoms with E-state index in [1.54, 1.807) is 24.3 Å². The predicted octanol–water partition coefficient (Wildman–Crippen LogP) is 3.25. The van der Waals surface area contributed by atoms with E-state index in [-0.39, 0.29) is 6.61 Å². The smallest absolute Gasteiger partial charge is 0.411 e. The van der Waals surface area contributed by atoms with Gasteiger partial charge in [0.1, 0.15) is 6.61 Å². The maximum atomic E-state index is 11.6. The van der Waals surface area contributed by atoms with Crippen LogP contribution in [0.4, 0.5) is 10.5 Å². The molecule has 0 aliphatic heterocycles. The van der Waals surface area contributed by atoms with Crippen LogP contribution in [0.2, 0.25) is 0 Å². The molecule has 4 heteroatoms. The number of carbonyl (C=O) groups excluding carboxylic acids is 2. The number of carbonyl (C=O) groups is 2. The maximum Gasteiger partial charge on any atom is 0.411 e. The summed E-state index contributed by atoms with van der Waals surface area (Å²) in [4.78, 5) is 22.4. The lowest BCUT2D eigenvalue weighted by Gasteiger charge is -2.08. The lowest BCUT2D eigenvalue weighted by Crippen LogP contribution is -2.14. The molecule has 4 nitrogen and oxygen atoms in total. The fourth-order valence-electron chi connectivity index (χ4n) is 1.58. The van der Waals surface area contributed by atoms with E-state index in [1.807, 2.05) is 30.3 Å². The highest BCUT2D eigenvalue weighted by atomic mass is 16.5. The Labute approximate surface area is 111 Å². The fourth-order valence-corrected chi connectivity index (χ4v) is 1.58. The van der Waals surface area contributed by atoms with E-state index >= 15 is 0 Å². The second kappa shape index (κ2) is 6.35. The molecule has 19 heavy (non-hydrogen) atoms. The molecule has 0 atom stereocenters. The van der Waals surface area contributed by atoms with Crippen LogP contribution < -0.4 is 5.32 Å². The molecule has 0 heterocycles. The Morgan fingerprint density at radius 2 is 1.74 bits per heavy atom. The number of para-hydroxylation sites is 1. The van der Waals surface area contributed by atoms with Gasteiger partial charge in [0.05, 0.1) is 5.69 Å². The van der Waals surface area contributed by atoms with Gasteiger partial charge in [0.15, 0.2) is 6.29 Å². The molecule has 0 unspecified atom stereocenters. The van der Waals surface area contributed by atoms with Gasteiger partial charge in [-0.2, -0.15) is 0 Å². The van der Waals surface area contributed by atoms with Crippen molar-refractivity contribution in [3.63, 3.8) is 0 Å². The van der Waals surface area contributed by atoms with Crippen LogP contribution in [-0.2, 0) is 11.3 Å². The third-order valence-electron chi connectivity index (χ3n) is 2.54. The summed E-state index contributed by atoms with van der Waals surface area (Å²) in [7, 11) is 0. The number of rotatable bonds is 4. The van der Waals surface area contributed by atoms with E-state index in [2.05, 4.69) is 5.32 Å². The third-order valence-corrected chi connectivity index (χ3v) is 2.54. The lowest BCUT2D eigenvalue weighted by molar-refractivity contribution is 0.112. The van der Waals surface area contributed by atoms with Crippen molar-refractivity contribution < 1.29 is 14.3 Å². The average molecular weight is 255 g/mol. The zero-order valence-corrected chi connectivity index (χ0v) is 10.2. The second-order valence-electron chi connectivity index (χ2n) is 3.89. The predicted molar refractivity (Wildman–Crippen MR) is 72.1 cm³/mol. The first-order valence-electron chi connectivity index (χ1n) is 5.81. The van der Waals surface area contributed by atoms with Crippen LogP contribution in [0.25, 0.3) is 0 Å². The minimum absolute atomic E-state index is 0.190. The molecule has 0 aromatic heterocycles. The molecule has 2 rings (SSSR count). The van der Waals surface area contributed by atoms with Crippen LogP contribution in [-0.4, -0.2) is 12.4 Å². The number of hydrogen-bond donors (Lipinski definition) is 1.